The van der Waals surface area contributed by atoms with Crippen LogP contribution in [0, 0.1) is 6.92 Å². The Morgan fingerprint density at radius 2 is 2.06 bits per heavy atom. The van der Waals surface area contributed by atoms with Gasteiger partial charge < -0.3 is 4.90 Å². The van der Waals surface area contributed by atoms with Crippen molar-refractivity contribution in [3.63, 3.8) is 0 Å². The molecule has 1 aliphatic carbocycles. The van der Waals surface area contributed by atoms with Crippen LogP contribution in [0.3, 0.4) is 0 Å². The summed E-state index contributed by atoms with van der Waals surface area (Å²) >= 11 is 0. The second-order valence-corrected chi connectivity index (χ2v) is 5.37. The van der Waals surface area contributed by atoms with Crippen LogP contribution in [0.2, 0.25) is 0 Å². The largest absolute Gasteiger partial charge is 0.301 e. The number of likely N-dealkylation sites (N-methyl/N-ethyl adjacent to an activating group) is 1. The molecule has 0 spiro atoms. The number of fused-ring (bicyclic) bond motifs is 1. The smallest absolute Gasteiger partial charge is 0.0139 e. The Balaban J connectivity index is 2.20. The molecule has 1 aromatic rings. The monoisotopic (exact) mass is 217 g/mol. The molecule has 1 atom stereocenters. The molecule has 0 N–H and O–H groups in total. The van der Waals surface area contributed by atoms with Gasteiger partial charge in [-0.2, -0.15) is 0 Å². The lowest BCUT2D eigenvalue weighted by molar-refractivity contribution is 0.179. The lowest BCUT2D eigenvalue weighted by Gasteiger charge is -2.35. The van der Waals surface area contributed by atoms with E-state index in [1.807, 2.05) is 0 Å². The predicted molar refractivity (Wildman–Crippen MR) is 69.9 cm³/mol. The van der Waals surface area contributed by atoms with E-state index in [1.165, 1.54) is 24.8 Å². The highest BCUT2D eigenvalue weighted by Gasteiger charge is 2.23. The minimum absolute atomic E-state index is 0.649. The Kier molecular flexibility index (Phi) is 3.34. The van der Waals surface area contributed by atoms with Gasteiger partial charge in [-0.3, -0.25) is 0 Å². The molecule has 1 aliphatic rings. The van der Waals surface area contributed by atoms with Gasteiger partial charge in [0.15, 0.2) is 0 Å². The lowest BCUT2D eigenvalue weighted by atomic mass is 9.85. The summed E-state index contributed by atoms with van der Waals surface area (Å²) in [6, 6.07) is 8.12. The Morgan fingerprint density at radius 1 is 1.31 bits per heavy atom. The van der Waals surface area contributed by atoms with Crippen molar-refractivity contribution >= 4 is 0 Å². The van der Waals surface area contributed by atoms with Crippen LogP contribution in [0.1, 0.15) is 37.0 Å². The third-order valence-corrected chi connectivity index (χ3v) is 4.08. The topological polar surface area (TPSA) is 3.24 Å². The van der Waals surface area contributed by atoms with Gasteiger partial charge in [-0.05, 0) is 63.8 Å². The second-order valence-electron chi connectivity index (χ2n) is 5.37. The first-order chi connectivity index (χ1) is 7.59. The van der Waals surface area contributed by atoms with E-state index >= 15 is 0 Å². The van der Waals surface area contributed by atoms with Crippen molar-refractivity contribution in [3.8, 4) is 0 Å². The van der Waals surface area contributed by atoms with Crippen molar-refractivity contribution in [1.82, 2.24) is 4.90 Å². The van der Waals surface area contributed by atoms with Gasteiger partial charge in [0.25, 0.3) is 0 Å². The quantitative estimate of drug-likeness (QED) is 0.735. The SMILES string of the molecule is Cc1cccc2c1CC(N(C)C(C)C)CC2. The van der Waals surface area contributed by atoms with Crippen LogP contribution in [0.4, 0.5) is 0 Å². The molecule has 0 aliphatic heterocycles. The van der Waals surface area contributed by atoms with Crippen LogP contribution in [-0.4, -0.2) is 24.0 Å². The zero-order valence-electron chi connectivity index (χ0n) is 11.0. The normalized spacial score (nSPS) is 20.2. The molecule has 0 heterocycles. The van der Waals surface area contributed by atoms with Gasteiger partial charge in [0.05, 0.1) is 0 Å². The molecule has 0 amide bonds. The molecule has 16 heavy (non-hydrogen) atoms. The number of aryl methyl sites for hydroxylation is 2. The van der Waals surface area contributed by atoms with Gasteiger partial charge in [0.1, 0.15) is 0 Å². The maximum absolute atomic E-state index is 2.52. The first kappa shape index (κ1) is 11.7. The highest BCUT2D eigenvalue weighted by Crippen LogP contribution is 2.27. The maximum atomic E-state index is 2.52. The van der Waals surface area contributed by atoms with Crippen LogP contribution in [0.15, 0.2) is 18.2 Å². The number of hydrogen-bond acceptors (Lipinski definition) is 1. The van der Waals surface area contributed by atoms with Crippen molar-refractivity contribution in [2.45, 2.75) is 52.1 Å². The Hall–Kier alpha value is -0.820. The van der Waals surface area contributed by atoms with Gasteiger partial charge in [-0.1, -0.05) is 18.2 Å². The zero-order valence-corrected chi connectivity index (χ0v) is 11.0. The number of hydrogen-bond donors (Lipinski definition) is 0. The number of rotatable bonds is 2. The molecule has 2 rings (SSSR count). The van der Waals surface area contributed by atoms with Crippen molar-refractivity contribution in [2.24, 2.45) is 0 Å². The van der Waals surface area contributed by atoms with Gasteiger partial charge in [0, 0.05) is 12.1 Å². The molecule has 0 saturated carbocycles. The van der Waals surface area contributed by atoms with Crippen LogP contribution < -0.4 is 0 Å². The van der Waals surface area contributed by atoms with E-state index in [1.54, 1.807) is 11.1 Å². The van der Waals surface area contributed by atoms with E-state index in [0.717, 1.165) is 6.04 Å². The number of benzene rings is 1. The predicted octanol–water partition coefficient (Wildman–Crippen LogP) is 3.19. The molecule has 1 heteroatoms. The molecule has 1 unspecified atom stereocenters. The molecule has 1 aromatic carbocycles. The van der Waals surface area contributed by atoms with E-state index in [9.17, 15) is 0 Å². The highest BCUT2D eigenvalue weighted by molar-refractivity contribution is 5.37. The summed E-state index contributed by atoms with van der Waals surface area (Å²) in [5.41, 5.74) is 4.65. The first-order valence-electron chi connectivity index (χ1n) is 6.39. The summed E-state index contributed by atoms with van der Waals surface area (Å²) in [6.07, 6.45) is 3.79. The average Bonchev–Trinajstić information content (AvgIpc) is 2.28. The van der Waals surface area contributed by atoms with Crippen LogP contribution in [-0.2, 0) is 12.8 Å². The summed E-state index contributed by atoms with van der Waals surface area (Å²) in [7, 11) is 2.26. The number of nitrogens with zero attached hydrogens (tertiary/aromatic N) is 1. The van der Waals surface area contributed by atoms with Crippen molar-refractivity contribution in [3.05, 3.63) is 34.9 Å². The van der Waals surface area contributed by atoms with Gasteiger partial charge >= 0.3 is 0 Å². The molecule has 88 valence electrons. The molecule has 0 radical (unpaired) electrons. The van der Waals surface area contributed by atoms with Gasteiger partial charge in [-0.15, -0.1) is 0 Å². The molecule has 0 aromatic heterocycles. The highest BCUT2D eigenvalue weighted by atomic mass is 15.1. The van der Waals surface area contributed by atoms with E-state index in [0.29, 0.717) is 6.04 Å². The van der Waals surface area contributed by atoms with Crippen LogP contribution in [0.25, 0.3) is 0 Å². The van der Waals surface area contributed by atoms with Gasteiger partial charge in [0.2, 0.25) is 0 Å². The summed E-state index contributed by atoms with van der Waals surface area (Å²) in [5.74, 6) is 0. The van der Waals surface area contributed by atoms with Gasteiger partial charge in [-0.25, -0.2) is 0 Å². The Labute approximate surface area is 99.5 Å². The Morgan fingerprint density at radius 3 is 2.75 bits per heavy atom. The third-order valence-electron chi connectivity index (χ3n) is 4.08. The van der Waals surface area contributed by atoms with Crippen molar-refractivity contribution in [1.29, 1.82) is 0 Å². The fourth-order valence-corrected chi connectivity index (χ4v) is 2.72. The lowest BCUT2D eigenvalue weighted by Crippen LogP contribution is -2.40. The molecule has 0 fully saturated rings. The van der Waals surface area contributed by atoms with E-state index < -0.39 is 0 Å². The first-order valence-corrected chi connectivity index (χ1v) is 6.39. The van der Waals surface area contributed by atoms with Crippen molar-refractivity contribution in [2.75, 3.05) is 7.05 Å². The fourth-order valence-electron chi connectivity index (χ4n) is 2.72. The van der Waals surface area contributed by atoms with E-state index in [2.05, 4.69) is 50.9 Å². The fraction of sp³-hybridized carbons (Fsp3) is 0.600. The van der Waals surface area contributed by atoms with Crippen molar-refractivity contribution < 1.29 is 0 Å². The van der Waals surface area contributed by atoms with Crippen LogP contribution >= 0.6 is 0 Å². The average molecular weight is 217 g/mol. The molecular formula is C15H23N. The minimum Gasteiger partial charge on any atom is -0.301 e. The second kappa shape index (κ2) is 4.58. The summed E-state index contributed by atoms with van der Waals surface area (Å²) in [4.78, 5) is 2.52. The standard InChI is InChI=1S/C15H23N/c1-11(2)16(4)14-9-8-13-7-5-6-12(3)15(13)10-14/h5-7,11,14H,8-10H2,1-4H3. The minimum atomic E-state index is 0.649. The maximum Gasteiger partial charge on any atom is 0.0139 e. The summed E-state index contributed by atoms with van der Waals surface area (Å²) in [5, 5.41) is 0. The van der Waals surface area contributed by atoms with E-state index in [4.69, 9.17) is 0 Å². The molecule has 1 nitrogen and oxygen atoms in total. The summed E-state index contributed by atoms with van der Waals surface area (Å²) in [6.45, 7) is 6.82. The molecule has 0 saturated heterocycles. The third kappa shape index (κ3) is 2.15. The molecule has 0 bridgehead atoms. The van der Waals surface area contributed by atoms with Crippen LogP contribution in [0.5, 0.6) is 0 Å². The Bertz CT molecular complexity index is 368. The molecular weight excluding hydrogens is 194 g/mol. The zero-order chi connectivity index (χ0) is 11.7. The summed E-state index contributed by atoms with van der Waals surface area (Å²) < 4.78 is 0. The van der Waals surface area contributed by atoms with E-state index in [-0.39, 0.29) is 0 Å².